The van der Waals surface area contributed by atoms with Gasteiger partial charge in [0.2, 0.25) is 5.95 Å². The van der Waals surface area contributed by atoms with Crippen LogP contribution < -0.4 is 21.2 Å². The summed E-state index contributed by atoms with van der Waals surface area (Å²) in [4.78, 5) is 27.5. The Morgan fingerprint density at radius 3 is 2.52 bits per heavy atom. The summed E-state index contributed by atoms with van der Waals surface area (Å²) in [6.45, 7) is 1.64. The maximum Gasteiger partial charge on any atom is 0.430 e. The van der Waals surface area contributed by atoms with E-state index in [9.17, 15) is 22.4 Å². The van der Waals surface area contributed by atoms with E-state index in [4.69, 9.17) is 17.3 Å². The number of hydrogen-bond acceptors (Lipinski definition) is 7. The first-order valence-electron chi connectivity index (χ1n) is 9.06. The lowest BCUT2D eigenvalue weighted by Crippen LogP contribution is -2.48. The molecule has 1 aliphatic heterocycles. The molecule has 1 aromatic heterocycles. The Balaban J connectivity index is 1.60. The van der Waals surface area contributed by atoms with Crippen LogP contribution in [0.5, 0.6) is 0 Å². The normalized spacial score (nSPS) is 15.7. The molecule has 31 heavy (non-hydrogen) atoms. The van der Waals surface area contributed by atoms with Crippen molar-refractivity contribution in [3.8, 4) is 0 Å². The van der Waals surface area contributed by atoms with Crippen LogP contribution >= 0.6 is 11.6 Å². The lowest BCUT2D eigenvalue weighted by molar-refractivity contribution is -0.0925. The fourth-order valence-electron chi connectivity index (χ4n) is 2.85. The SMILES string of the molecule is NC(=CC=NCn1cnc(N2CCN(c3ccc(Cl)cc3F)CC2)nc1=O)C(F)(F)F. The Hall–Kier alpha value is -3.15. The predicted octanol–water partition coefficient (Wildman–Crippen LogP) is 2.19. The summed E-state index contributed by atoms with van der Waals surface area (Å²) in [5.74, 6) is -0.199. The van der Waals surface area contributed by atoms with Crippen molar-refractivity contribution in [3.63, 3.8) is 0 Å². The topological polar surface area (TPSA) is 92.6 Å². The van der Waals surface area contributed by atoms with Crippen LogP contribution in [0.4, 0.5) is 29.2 Å². The minimum atomic E-state index is -4.64. The molecule has 0 atom stereocenters. The van der Waals surface area contributed by atoms with Crippen LogP contribution in [0.2, 0.25) is 5.02 Å². The number of benzene rings is 1. The molecule has 166 valence electrons. The van der Waals surface area contributed by atoms with Crippen LogP contribution in [0.3, 0.4) is 0 Å². The molecule has 0 bridgehead atoms. The van der Waals surface area contributed by atoms with Gasteiger partial charge in [0.25, 0.3) is 0 Å². The summed E-state index contributed by atoms with van der Waals surface area (Å²) in [5, 5.41) is 0.318. The van der Waals surface area contributed by atoms with Crippen LogP contribution in [0, 0.1) is 5.82 Å². The van der Waals surface area contributed by atoms with E-state index in [2.05, 4.69) is 15.0 Å². The van der Waals surface area contributed by atoms with Gasteiger partial charge in [-0.15, -0.1) is 0 Å². The quantitative estimate of drug-likeness (QED) is 0.544. The number of nitrogens with zero attached hydrogens (tertiary/aromatic N) is 6. The van der Waals surface area contributed by atoms with E-state index < -0.39 is 23.4 Å². The highest BCUT2D eigenvalue weighted by Crippen LogP contribution is 2.24. The predicted molar refractivity (Wildman–Crippen MR) is 109 cm³/mol. The van der Waals surface area contributed by atoms with E-state index >= 15 is 0 Å². The molecule has 0 spiro atoms. The van der Waals surface area contributed by atoms with Crippen molar-refractivity contribution in [3.05, 3.63) is 57.6 Å². The van der Waals surface area contributed by atoms with E-state index in [1.807, 2.05) is 4.90 Å². The molecule has 0 radical (unpaired) electrons. The fourth-order valence-corrected chi connectivity index (χ4v) is 3.01. The zero-order valence-electron chi connectivity index (χ0n) is 16.1. The van der Waals surface area contributed by atoms with E-state index in [-0.39, 0.29) is 12.6 Å². The third kappa shape index (κ3) is 5.72. The van der Waals surface area contributed by atoms with Gasteiger partial charge in [0.05, 0.1) is 5.69 Å². The molecule has 0 saturated carbocycles. The second-order valence-electron chi connectivity index (χ2n) is 6.57. The van der Waals surface area contributed by atoms with E-state index in [0.717, 1.165) is 10.8 Å². The average Bonchev–Trinajstić information content (AvgIpc) is 2.71. The second-order valence-corrected chi connectivity index (χ2v) is 7.01. The monoisotopic (exact) mass is 459 g/mol. The van der Waals surface area contributed by atoms with Crippen molar-refractivity contribution in [2.24, 2.45) is 10.7 Å². The van der Waals surface area contributed by atoms with Gasteiger partial charge in [-0.05, 0) is 24.3 Å². The molecular formula is C18H18ClF4N7O. The molecule has 13 heteroatoms. The van der Waals surface area contributed by atoms with Crippen LogP contribution in [-0.2, 0) is 6.67 Å². The van der Waals surface area contributed by atoms with Gasteiger partial charge < -0.3 is 15.5 Å². The van der Waals surface area contributed by atoms with Crippen molar-refractivity contribution in [1.82, 2.24) is 14.5 Å². The van der Waals surface area contributed by atoms with Crippen molar-refractivity contribution in [2.45, 2.75) is 12.8 Å². The summed E-state index contributed by atoms with van der Waals surface area (Å²) in [6, 6.07) is 4.48. The first kappa shape index (κ1) is 22.5. The number of piperazine rings is 1. The summed E-state index contributed by atoms with van der Waals surface area (Å²) in [7, 11) is 0. The number of allylic oxidation sites excluding steroid dienone is 2. The molecule has 1 saturated heterocycles. The third-order valence-electron chi connectivity index (χ3n) is 4.49. The standard InChI is InChI=1S/C18H18ClF4N7O/c19-12-1-2-14(13(20)9-12)28-5-7-29(8-6-28)16-26-11-30(17(31)27-16)10-25-4-3-15(24)18(21,22)23/h1-4,9,11H,5-8,10,24H2. The number of rotatable bonds is 5. The molecule has 0 unspecified atom stereocenters. The molecule has 1 fully saturated rings. The van der Waals surface area contributed by atoms with Gasteiger partial charge >= 0.3 is 11.9 Å². The lowest BCUT2D eigenvalue weighted by Gasteiger charge is -2.36. The third-order valence-corrected chi connectivity index (χ3v) is 4.72. The van der Waals surface area contributed by atoms with Crippen molar-refractivity contribution >= 4 is 29.5 Å². The maximum absolute atomic E-state index is 14.1. The zero-order chi connectivity index (χ0) is 22.6. The molecule has 8 nitrogen and oxygen atoms in total. The molecular weight excluding hydrogens is 442 g/mol. The van der Waals surface area contributed by atoms with Gasteiger partial charge in [0.1, 0.15) is 24.5 Å². The molecule has 0 aliphatic carbocycles. The fraction of sp³-hybridized carbons (Fsp3) is 0.333. The Morgan fingerprint density at radius 1 is 1.23 bits per heavy atom. The molecule has 1 aliphatic rings. The molecule has 3 rings (SSSR count). The van der Waals surface area contributed by atoms with Crippen LogP contribution in [0.15, 0.2) is 46.1 Å². The van der Waals surface area contributed by atoms with Gasteiger partial charge in [-0.1, -0.05) is 11.6 Å². The molecule has 2 heterocycles. The van der Waals surface area contributed by atoms with Gasteiger partial charge in [-0.25, -0.2) is 14.2 Å². The van der Waals surface area contributed by atoms with Gasteiger partial charge in [-0.3, -0.25) is 9.56 Å². The van der Waals surface area contributed by atoms with E-state index in [1.54, 1.807) is 17.0 Å². The van der Waals surface area contributed by atoms with Crippen LogP contribution in [0.25, 0.3) is 0 Å². The molecule has 2 N–H and O–H groups in total. The Labute approximate surface area is 179 Å². The molecule has 1 aromatic carbocycles. The number of nitrogens with two attached hydrogens (primary N) is 1. The average molecular weight is 460 g/mol. The molecule has 2 aromatic rings. The minimum Gasteiger partial charge on any atom is -0.395 e. The van der Waals surface area contributed by atoms with E-state index in [1.165, 1.54) is 12.4 Å². The van der Waals surface area contributed by atoms with Gasteiger partial charge in [0, 0.05) is 37.4 Å². The van der Waals surface area contributed by atoms with Crippen LogP contribution in [-0.4, -0.2) is 53.1 Å². The van der Waals surface area contributed by atoms with E-state index in [0.29, 0.717) is 43.0 Å². The number of halogens is 5. The van der Waals surface area contributed by atoms with Crippen molar-refractivity contribution < 1.29 is 17.6 Å². The lowest BCUT2D eigenvalue weighted by atomic mass is 10.2. The molecule has 0 amide bonds. The number of anilines is 2. The Kier molecular flexibility index (Phi) is 6.78. The minimum absolute atomic E-state index is 0.211. The number of aromatic nitrogens is 3. The number of aliphatic imine (C=N–C) groups is 1. The number of alkyl halides is 3. The smallest absolute Gasteiger partial charge is 0.395 e. The van der Waals surface area contributed by atoms with Crippen LogP contribution in [0.1, 0.15) is 0 Å². The Bertz CT molecular complexity index is 1050. The van der Waals surface area contributed by atoms with Crippen molar-refractivity contribution in [2.75, 3.05) is 36.0 Å². The second kappa shape index (κ2) is 9.33. The Morgan fingerprint density at radius 2 is 1.90 bits per heavy atom. The summed E-state index contributed by atoms with van der Waals surface area (Å²) in [5.41, 5.74) is 3.33. The summed E-state index contributed by atoms with van der Waals surface area (Å²) in [6.07, 6.45) is -1.97. The first-order valence-corrected chi connectivity index (χ1v) is 9.44. The largest absolute Gasteiger partial charge is 0.430 e. The zero-order valence-corrected chi connectivity index (χ0v) is 16.8. The summed E-state index contributed by atoms with van der Waals surface area (Å²) >= 11 is 5.78. The summed E-state index contributed by atoms with van der Waals surface area (Å²) < 4.78 is 52.0. The van der Waals surface area contributed by atoms with Crippen molar-refractivity contribution in [1.29, 1.82) is 0 Å². The number of hydrogen-bond donors (Lipinski definition) is 1. The highest BCUT2D eigenvalue weighted by molar-refractivity contribution is 6.30. The highest BCUT2D eigenvalue weighted by Gasteiger charge is 2.30. The maximum atomic E-state index is 14.1. The highest BCUT2D eigenvalue weighted by atomic mass is 35.5. The first-order chi connectivity index (χ1) is 14.6. The van der Waals surface area contributed by atoms with Gasteiger partial charge in [0.15, 0.2) is 0 Å². The van der Waals surface area contributed by atoms with Gasteiger partial charge in [-0.2, -0.15) is 18.2 Å².